The maximum Gasteiger partial charge on any atom is 0.262 e. The summed E-state index contributed by atoms with van der Waals surface area (Å²) in [5.74, 6) is 0.154. The van der Waals surface area contributed by atoms with Crippen molar-refractivity contribution in [1.82, 2.24) is 14.5 Å². The highest BCUT2D eigenvalue weighted by atomic mass is 32.1. The summed E-state index contributed by atoms with van der Waals surface area (Å²) in [6.07, 6.45) is 2.30. The molecule has 0 spiro atoms. The van der Waals surface area contributed by atoms with Crippen LogP contribution in [0.3, 0.4) is 0 Å². The number of nitrogens with zero attached hydrogens (tertiary/aromatic N) is 2. The zero-order valence-electron chi connectivity index (χ0n) is 15.3. The number of hydrogen-bond acceptors (Lipinski definition) is 6. The second-order valence-electron chi connectivity index (χ2n) is 6.19. The molecule has 8 nitrogen and oxygen atoms in total. The first-order valence-electron chi connectivity index (χ1n) is 8.48. The lowest BCUT2D eigenvalue weighted by Gasteiger charge is -2.10. The molecule has 3 heterocycles. The first kappa shape index (κ1) is 18.8. The number of aromatic amines is 1. The SMILES string of the molecule is CCCOc1c[nH]c(Cn2c(C)nc3sc(C(N)=O)c(C)c3c2=O)cc1=O. The highest BCUT2D eigenvalue weighted by molar-refractivity contribution is 7.20. The smallest absolute Gasteiger partial charge is 0.262 e. The van der Waals surface area contributed by atoms with Gasteiger partial charge < -0.3 is 15.5 Å². The van der Waals surface area contributed by atoms with Crippen LogP contribution in [0.5, 0.6) is 5.75 Å². The molecule has 142 valence electrons. The van der Waals surface area contributed by atoms with Gasteiger partial charge in [-0.25, -0.2) is 4.98 Å². The Morgan fingerprint density at radius 3 is 2.74 bits per heavy atom. The molecule has 3 aromatic heterocycles. The van der Waals surface area contributed by atoms with Crippen molar-refractivity contribution in [3.63, 3.8) is 0 Å². The summed E-state index contributed by atoms with van der Waals surface area (Å²) in [6.45, 7) is 5.95. The van der Waals surface area contributed by atoms with E-state index in [2.05, 4.69) is 9.97 Å². The largest absolute Gasteiger partial charge is 0.488 e. The molecule has 27 heavy (non-hydrogen) atoms. The van der Waals surface area contributed by atoms with Gasteiger partial charge in [0, 0.05) is 18.0 Å². The molecule has 0 unspecified atom stereocenters. The van der Waals surface area contributed by atoms with Crippen LogP contribution in [0.25, 0.3) is 10.2 Å². The van der Waals surface area contributed by atoms with Crippen molar-refractivity contribution in [2.24, 2.45) is 5.73 Å². The summed E-state index contributed by atoms with van der Waals surface area (Å²) in [4.78, 5) is 44.9. The number of aromatic nitrogens is 3. The molecular weight excluding hydrogens is 368 g/mol. The average Bonchev–Trinajstić information content (AvgIpc) is 2.94. The first-order valence-corrected chi connectivity index (χ1v) is 9.29. The molecule has 0 bridgehead atoms. The van der Waals surface area contributed by atoms with Gasteiger partial charge in [0.1, 0.15) is 10.7 Å². The molecule has 0 saturated heterocycles. The summed E-state index contributed by atoms with van der Waals surface area (Å²) >= 11 is 1.11. The van der Waals surface area contributed by atoms with E-state index in [1.165, 1.54) is 16.8 Å². The molecule has 1 amide bonds. The van der Waals surface area contributed by atoms with E-state index < -0.39 is 5.91 Å². The number of carbonyl (C=O) groups is 1. The molecule has 0 aliphatic heterocycles. The number of aryl methyl sites for hydroxylation is 2. The van der Waals surface area contributed by atoms with Crippen LogP contribution in [-0.2, 0) is 6.54 Å². The number of rotatable bonds is 6. The van der Waals surface area contributed by atoms with E-state index in [0.717, 1.165) is 17.8 Å². The van der Waals surface area contributed by atoms with Crippen molar-refractivity contribution in [1.29, 1.82) is 0 Å². The second kappa shape index (κ2) is 7.36. The number of nitrogens with one attached hydrogen (secondary N) is 1. The molecule has 3 aromatic rings. The molecule has 0 saturated carbocycles. The summed E-state index contributed by atoms with van der Waals surface area (Å²) in [5, 5.41) is 0.379. The highest BCUT2D eigenvalue weighted by Gasteiger charge is 2.19. The third-order valence-electron chi connectivity index (χ3n) is 4.19. The summed E-state index contributed by atoms with van der Waals surface area (Å²) < 4.78 is 6.83. The second-order valence-corrected chi connectivity index (χ2v) is 7.19. The molecule has 9 heteroatoms. The Bertz CT molecular complexity index is 1140. The van der Waals surface area contributed by atoms with E-state index in [1.54, 1.807) is 13.8 Å². The van der Waals surface area contributed by atoms with Crippen LogP contribution in [0.4, 0.5) is 0 Å². The van der Waals surface area contributed by atoms with Crippen molar-refractivity contribution in [3.8, 4) is 5.75 Å². The number of H-pyrrole nitrogens is 1. The van der Waals surface area contributed by atoms with Crippen molar-refractivity contribution in [2.75, 3.05) is 6.61 Å². The minimum absolute atomic E-state index is 0.151. The van der Waals surface area contributed by atoms with Gasteiger partial charge in [-0.05, 0) is 25.8 Å². The van der Waals surface area contributed by atoms with Crippen molar-refractivity contribution >= 4 is 27.5 Å². The van der Waals surface area contributed by atoms with Crippen LogP contribution in [-0.4, -0.2) is 27.0 Å². The minimum Gasteiger partial charge on any atom is -0.488 e. The molecular formula is C18H20N4O4S. The Hall–Kier alpha value is -2.94. The number of carbonyl (C=O) groups excluding carboxylic acids is 1. The number of primary amides is 1. The topological polar surface area (TPSA) is 120 Å². The molecule has 0 aromatic carbocycles. The number of amides is 1. The lowest BCUT2D eigenvalue weighted by Crippen LogP contribution is -2.25. The van der Waals surface area contributed by atoms with Crippen LogP contribution >= 0.6 is 11.3 Å². The van der Waals surface area contributed by atoms with Gasteiger partial charge in [-0.1, -0.05) is 6.92 Å². The van der Waals surface area contributed by atoms with Crippen LogP contribution < -0.4 is 21.5 Å². The number of thiophene rings is 1. The van der Waals surface area contributed by atoms with Gasteiger partial charge >= 0.3 is 0 Å². The lowest BCUT2D eigenvalue weighted by molar-refractivity contribution is 0.100. The van der Waals surface area contributed by atoms with E-state index in [4.69, 9.17) is 10.5 Å². The van der Waals surface area contributed by atoms with Crippen molar-refractivity contribution < 1.29 is 9.53 Å². The number of nitrogens with two attached hydrogens (primary N) is 1. The zero-order valence-corrected chi connectivity index (χ0v) is 16.1. The van der Waals surface area contributed by atoms with Crippen LogP contribution in [0, 0.1) is 13.8 Å². The van der Waals surface area contributed by atoms with Gasteiger partial charge in [0.05, 0.1) is 23.4 Å². The zero-order chi connectivity index (χ0) is 19.7. The molecule has 3 N–H and O–H groups in total. The monoisotopic (exact) mass is 388 g/mol. The lowest BCUT2D eigenvalue weighted by atomic mass is 10.2. The van der Waals surface area contributed by atoms with Gasteiger partial charge in [-0.15, -0.1) is 11.3 Å². The van der Waals surface area contributed by atoms with Crippen LogP contribution in [0.1, 0.15) is 40.1 Å². The van der Waals surface area contributed by atoms with Gasteiger partial charge in [0.25, 0.3) is 11.5 Å². The molecule has 3 rings (SSSR count). The molecule has 0 fully saturated rings. The van der Waals surface area contributed by atoms with Gasteiger partial charge in [0.15, 0.2) is 5.75 Å². The maximum atomic E-state index is 13.0. The first-order chi connectivity index (χ1) is 12.8. The molecule has 0 aliphatic rings. The Morgan fingerprint density at radius 1 is 1.37 bits per heavy atom. The van der Waals surface area contributed by atoms with Crippen molar-refractivity contribution in [2.45, 2.75) is 33.7 Å². The Balaban J connectivity index is 2.04. The average molecular weight is 388 g/mol. The van der Waals surface area contributed by atoms with E-state index in [1.807, 2.05) is 6.92 Å². The van der Waals surface area contributed by atoms with Crippen molar-refractivity contribution in [3.05, 3.63) is 54.8 Å². The summed E-state index contributed by atoms with van der Waals surface area (Å²) in [5.41, 5.74) is 5.94. The minimum atomic E-state index is -0.578. The fraction of sp³-hybridized carbons (Fsp3) is 0.333. The molecule has 0 radical (unpaired) electrons. The standard InChI is InChI=1S/C18H20N4O4S/c1-4-5-26-13-7-20-11(6-12(13)23)8-22-10(3)21-17-14(18(22)25)9(2)15(27-17)16(19)24/h6-7H,4-5,8H2,1-3H3,(H2,19,24)(H,20,23). The van der Waals surface area contributed by atoms with Gasteiger partial charge in [0.2, 0.25) is 5.43 Å². The Labute approximate surface area is 158 Å². The number of ether oxygens (including phenoxy) is 1. The third-order valence-corrected chi connectivity index (χ3v) is 5.39. The Morgan fingerprint density at radius 2 is 2.11 bits per heavy atom. The highest BCUT2D eigenvalue weighted by Crippen LogP contribution is 2.26. The number of hydrogen-bond donors (Lipinski definition) is 2. The quantitative estimate of drug-likeness (QED) is 0.666. The predicted molar refractivity (Wildman–Crippen MR) is 104 cm³/mol. The van der Waals surface area contributed by atoms with Crippen LogP contribution in [0.15, 0.2) is 21.9 Å². The fourth-order valence-corrected chi connectivity index (χ4v) is 3.90. The summed E-state index contributed by atoms with van der Waals surface area (Å²) in [6, 6.07) is 1.41. The maximum absolute atomic E-state index is 13.0. The van der Waals surface area contributed by atoms with Crippen LogP contribution in [0.2, 0.25) is 0 Å². The van der Waals surface area contributed by atoms with E-state index >= 15 is 0 Å². The van der Waals surface area contributed by atoms with E-state index in [0.29, 0.717) is 38.8 Å². The normalized spacial score (nSPS) is 11.1. The van der Waals surface area contributed by atoms with E-state index in [9.17, 15) is 14.4 Å². The number of pyridine rings is 1. The fourth-order valence-electron chi connectivity index (χ4n) is 2.83. The Kier molecular flexibility index (Phi) is 5.13. The van der Waals surface area contributed by atoms with E-state index in [-0.39, 0.29) is 23.3 Å². The number of fused-ring (bicyclic) bond motifs is 1. The molecule has 0 aliphatic carbocycles. The van der Waals surface area contributed by atoms with Gasteiger partial charge in [-0.2, -0.15) is 0 Å². The predicted octanol–water partition coefficient (Wildman–Crippen LogP) is 1.70. The summed E-state index contributed by atoms with van der Waals surface area (Å²) in [7, 11) is 0. The third kappa shape index (κ3) is 3.50. The van der Waals surface area contributed by atoms with Gasteiger partial charge in [-0.3, -0.25) is 19.0 Å². The molecule has 0 atom stereocenters.